The maximum absolute atomic E-state index is 11.0. The molecule has 4 heteroatoms. The number of amides is 1. The van der Waals surface area contributed by atoms with Gasteiger partial charge in [-0.15, -0.1) is 0 Å². The number of ether oxygens (including phenoxy) is 1. The van der Waals surface area contributed by atoms with Gasteiger partial charge in [0.2, 0.25) is 0 Å². The van der Waals surface area contributed by atoms with Crippen LogP contribution in [0.4, 0.5) is 0 Å². The summed E-state index contributed by atoms with van der Waals surface area (Å²) in [5.74, 6) is 0.362. The Bertz CT molecular complexity index is 352. The number of carbonyl (C=O) groups excluding carboxylic acids is 1. The van der Waals surface area contributed by atoms with Crippen molar-refractivity contribution in [3.8, 4) is 5.75 Å². The van der Waals surface area contributed by atoms with Crippen LogP contribution < -0.4 is 10.1 Å². The number of aliphatic hydroxyl groups is 1. The molecule has 1 aromatic rings. The van der Waals surface area contributed by atoms with Crippen LogP contribution in [0.3, 0.4) is 0 Å². The third-order valence-electron chi connectivity index (χ3n) is 2.30. The van der Waals surface area contributed by atoms with Gasteiger partial charge in [0.1, 0.15) is 5.75 Å². The smallest absolute Gasteiger partial charge is 0.257 e. The van der Waals surface area contributed by atoms with E-state index in [0.29, 0.717) is 17.7 Å². The second-order valence-corrected chi connectivity index (χ2v) is 3.42. The summed E-state index contributed by atoms with van der Waals surface area (Å²) in [7, 11) is 1.55. The molecule has 16 heavy (non-hydrogen) atoms. The third-order valence-corrected chi connectivity index (χ3v) is 2.30. The van der Waals surface area contributed by atoms with Gasteiger partial charge in [-0.05, 0) is 12.5 Å². The lowest BCUT2D eigenvalue weighted by atomic mass is 10.1. The molecule has 0 aromatic heterocycles. The van der Waals surface area contributed by atoms with Crippen molar-refractivity contribution in [1.82, 2.24) is 5.32 Å². The van der Waals surface area contributed by atoms with Gasteiger partial charge in [-0.1, -0.05) is 25.1 Å². The number of likely N-dealkylation sites (N-methyl/N-ethyl adjacent to an activating group) is 1. The number of benzene rings is 1. The Hall–Kier alpha value is -1.55. The van der Waals surface area contributed by atoms with E-state index in [4.69, 9.17) is 4.74 Å². The number of hydrogen-bond acceptors (Lipinski definition) is 3. The molecule has 0 saturated carbocycles. The summed E-state index contributed by atoms with van der Waals surface area (Å²) >= 11 is 0. The first kappa shape index (κ1) is 12.5. The van der Waals surface area contributed by atoms with Crippen molar-refractivity contribution in [3.05, 3.63) is 29.8 Å². The highest BCUT2D eigenvalue weighted by molar-refractivity contribution is 5.77. The lowest BCUT2D eigenvalue weighted by Gasteiger charge is -2.14. The third kappa shape index (κ3) is 3.24. The van der Waals surface area contributed by atoms with Crippen molar-refractivity contribution in [2.24, 2.45) is 0 Å². The number of rotatable bonds is 5. The molecule has 0 radical (unpaired) electrons. The molecule has 0 unspecified atom stereocenters. The zero-order valence-electron chi connectivity index (χ0n) is 9.56. The Morgan fingerprint density at radius 2 is 2.19 bits per heavy atom. The number of aliphatic hydroxyl groups excluding tert-OH is 1. The lowest BCUT2D eigenvalue weighted by Crippen LogP contribution is -2.25. The van der Waals surface area contributed by atoms with E-state index >= 15 is 0 Å². The molecule has 1 rings (SSSR count). The minimum absolute atomic E-state index is 0.0378. The first-order valence-corrected chi connectivity index (χ1v) is 5.29. The summed E-state index contributed by atoms with van der Waals surface area (Å²) in [4.78, 5) is 11.0. The van der Waals surface area contributed by atoms with Crippen LogP contribution in [0.1, 0.15) is 25.0 Å². The first-order valence-electron chi connectivity index (χ1n) is 5.29. The summed E-state index contributed by atoms with van der Waals surface area (Å²) in [6, 6.07) is 7.19. The molecule has 0 heterocycles. The monoisotopic (exact) mass is 223 g/mol. The molecule has 0 aliphatic rings. The average molecular weight is 223 g/mol. The van der Waals surface area contributed by atoms with Gasteiger partial charge in [-0.3, -0.25) is 4.79 Å². The Labute approximate surface area is 95.2 Å². The van der Waals surface area contributed by atoms with E-state index in [-0.39, 0.29) is 12.5 Å². The van der Waals surface area contributed by atoms with Crippen LogP contribution in [0.15, 0.2) is 24.3 Å². The first-order chi connectivity index (χ1) is 7.69. The van der Waals surface area contributed by atoms with Crippen LogP contribution in [0.5, 0.6) is 5.75 Å². The maximum Gasteiger partial charge on any atom is 0.257 e. The van der Waals surface area contributed by atoms with Crippen molar-refractivity contribution in [1.29, 1.82) is 0 Å². The number of hydrogen-bond donors (Lipinski definition) is 2. The van der Waals surface area contributed by atoms with Crippen molar-refractivity contribution >= 4 is 5.91 Å². The molecule has 1 atom stereocenters. The van der Waals surface area contributed by atoms with Crippen LogP contribution in [-0.4, -0.2) is 24.7 Å². The zero-order valence-corrected chi connectivity index (χ0v) is 9.56. The molecule has 2 N–H and O–H groups in total. The minimum Gasteiger partial charge on any atom is -0.483 e. The van der Waals surface area contributed by atoms with E-state index in [2.05, 4.69) is 5.32 Å². The van der Waals surface area contributed by atoms with E-state index in [1.807, 2.05) is 19.1 Å². The van der Waals surface area contributed by atoms with Gasteiger partial charge >= 0.3 is 0 Å². The summed E-state index contributed by atoms with van der Waals surface area (Å²) in [6.07, 6.45) is 0.0567. The summed E-state index contributed by atoms with van der Waals surface area (Å²) in [5.41, 5.74) is 0.717. The van der Waals surface area contributed by atoms with Crippen molar-refractivity contribution < 1.29 is 14.6 Å². The Morgan fingerprint density at radius 3 is 2.81 bits per heavy atom. The van der Waals surface area contributed by atoms with Gasteiger partial charge < -0.3 is 15.2 Å². The minimum atomic E-state index is -0.555. The summed E-state index contributed by atoms with van der Waals surface area (Å²) in [6.45, 7) is 1.85. The molecule has 0 fully saturated rings. The predicted octanol–water partition coefficient (Wildman–Crippen LogP) is 1.25. The number of nitrogens with one attached hydrogen (secondary N) is 1. The topological polar surface area (TPSA) is 58.6 Å². The fraction of sp³-hybridized carbons (Fsp3) is 0.417. The van der Waals surface area contributed by atoms with Crippen LogP contribution in [0.25, 0.3) is 0 Å². The van der Waals surface area contributed by atoms with E-state index in [9.17, 15) is 9.90 Å². The normalized spacial score (nSPS) is 11.9. The second-order valence-electron chi connectivity index (χ2n) is 3.42. The zero-order chi connectivity index (χ0) is 12.0. The molecule has 1 aromatic carbocycles. The molecule has 4 nitrogen and oxygen atoms in total. The molecule has 0 aliphatic carbocycles. The molecular formula is C12H17NO3. The molecular weight excluding hydrogens is 206 g/mol. The quantitative estimate of drug-likeness (QED) is 0.790. The molecule has 0 saturated heterocycles. The fourth-order valence-corrected chi connectivity index (χ4v) is 1.32. The maximum atomic E-state index is 11.0. The van der Waals surface area contributed by atoms with E-state index < -0.39 is 6.10 Å². The van der Waals surface area contributed by atoms with E-state index in [0.717, 1.165) is 0 Å². The predicted molar refractivity (Wildman–Crippen MR) is 61.3 cm³/mol. The fourth-order valence-electron chi connectivity index (χ4n) is 1.32. The molecule has 0 spiro atoms. The number of para-hydroxylation sites is 1. The molecule has 88 valence electrons. The van der Waals surface area contributed by atoms with Crippen LogP contribution >= 0.6 is 0 Å². The summed E-state index contributed by atoms with van der Waals surface area (Å²) in [5, 5.41) is 12.2. The molecule has 0 aliphatic heterocycles. The van der Waals surface area contributed by atoms with Crippen molar-refractivity contribution in [3.63, 3.8) is 0 Å². The van der Waals surface area contributed by atoms with E-state index in [1.165, 1.54) is 0 Å². The highest BCUT2D eigenvalue weighted by Crippen LogP contribution is 2.26. The highest BCUT2D eigenvalue weighted by atomic mass is 16.5. The average Bonchev–Trinajstić information content (AvgIpc) is 2.35. The Morgan fingerprint density at radius 1 is 1.50 bits per heavy atom. The SMILES string of the molecule is CC[C@@H](O)c1ccccc1OCC(=O)NC. The number of carbonyl (C=O) groups is 1. The van der Waals surface area contributed by atoms with Crippen molar-refractivity contribution in [2.75, 3.05) is 13.7 Å². The Balaban J connectivity index is 2.75. The highest BCUT2D eigenvalue weighted by Gasteiger charge is 2.11. The molecule has 1 amide bonds. The van der Waals surface area contributed by atoms with Gasteiger partial charge in [-0.2, -0.15) is 0 Å². The standard InChI is InChI=1S/C12H17NO3/c1-3-10(14)9-6-4-5-7-11(9)16-8-12(15)13-2/h4-7,10,14H,3,8H2,1-2H3,(H,13,15)/t10-/m1/s1. The van der Waals surface area contributed by atoms with Gasteiger partial charge in [-0.25, -0.2) is 0 Å². The van der Waals surface area contributed by atoms with Gasteiger partial charge in [0.05, 0.1) is 6.10 Å². The second kappa shape index (κ2) is 6.12. The lowest BCUT2D eigenvalue weighted by molar-refractivity contribution is -0.122. The van der Waals surface area contributed by atoms with E-state index in [1.54, 1.807) is 19.2 Å². The van der Waals surface area contributed by atoms with Crippen LogP contribution in [-0.2, 0) is 4.79 Å². The van der Waals surface area contributed by atoms with Crippen LogP contribution in [0.2, 0.25) is 0 Å². The Kier molecular flexibility index (Phi) is 4.79. The summed E-state index contributed by atoms with van der Waals surface area (Å²) < 4.78 is 5.34. The molecule has 0 bridgehead atoms. The van der Waals surface area contributed by atoms with Gasteiger partial charge in [0.15, 0.2) is 6.61 Å². The van der Waals surface area contributed by atoms with Gasteiger partial charge in [0.25, 0.3) is 5.91 Å². The van der Waals surface area contributed by atoms with Crippen LogP contribution in [0, 0.1) is 0 Å². The van der Waals surface area contributed by atoms with Crippen molar-refractivity contribution in [2.45, 2.75) is 19.4 Å². The largest absolute Gasteiger partial charge is 0.483 e. The van der Waals surface area contributed by atoms with Gasteiger partial charge in [0, 0.05) is 12.6 Å².